The maximum atomic E-state index is 14.8. The van der Waals surface area contributed by atoms with E-state index in [0.29, 0.717) is 53.9 Å². The Morgan fingerprint density at radius 1 is 0.735 bits per heavy atom. The second-order valence-corrected chi connectivity index (χ2v) is 26.3. The highest BCUT2D eigenvalue weighted by Gasteiger charge is 2.44. The summed E-state index contributed by atoms with van der Waals surface area (Å²) in [4.78, 5) is 151. The number of nitrogens with zero attached hydrogens (tertiary/aromatic N) is 5. The van der Waals surface area contributed by atoms with E-state index in [2.05, 4.69) is 42.1 Å². The number of benzene rings is 3. The van der Waals surface area contributed by atoms with Crippen molar-refractivity contribution < 1.29 is 76.8 Å². The molecule has 1 fully saturated rings. The number of ether oxygens (including phenoxy) is 4. The fraction of sp³-hybridized carbons (Fsp3) is 0.586. The van der Waals surface area contributed by atoms with Gasteiger partial charge in [0.05, 0.1) is 67.8 Å². The molecule has 1 saturated heterocycles. The molecule has 28 nitrogen and oxygen atoms in total. The number of anilines is 1. The highest BCUT2D eigenvalue weighted by atomic mass is 16.6. The molecular formula is C70H102N12O16. The average Bonchev–Trinajstić information content (AvgIpc) is 1.41. The molecule has 0 radical (unpaired) electrons. The Balaban J connectivity index is 1.06. The van der Waals surface area contributed by atoms with Gasteiger partial charge in [-0.05, 0) is 97.2 Å². The molecule has 0 aromatic heterocycles. The maximum absolute atomic E-state index is 14.8. The van der Waals surface area contributed by atoms with Crippen LogP contribution < -0.4 is 42.4 Å². The Bertz CT molecular complexity index is 3210. The SMILES string of the molecule is CC[C@H](C)[C@@H](C(CC(=O)N1CCC[C@H]1[C@H](OC)[C@@H](C)C(=O)N[C@H](C)[C@@H](O)c1ccccc1)OC)N(C)C(=O)[C@@H](NC(=O)[C@H](C(C)C)N(C)C(=O)OCc1ccc(NC(=O)C(N)CCCNC(=O)NC(=O)[C@@H](NC(=O)CCOc2ccc(C3C(=O)N=NC3=O)cc2)C(C)C)cc1)C(C)C. The number of hydrogen-bond donors (Lipinski definition) is 8. The zero-order valence-electron chi connectivity index (χ0n) is 58.9. The van der Waals surface area contributed by atoms with Gasteiger partial charge in [-0.15, -0.1) is 10.2 Å². The number of nitrogens with two attached hydrogens (primary N) is 1. The molecule has 0 spiro atoms. The summed E-state index contributed by atoms with van der Waals surface area (Å²) in [5, 5.41) is 33.5. The lowest BCUT2D eigenvalue weighted by Crippen LogP contribution is -2.60. The summed E-state index contributed by atoms with van der Waals surface area (Å²) in [5.41, 5.74) is 8.21. The number of methoxy groups -OCH3 is 2. The molecule has 98 heavy (non-hydrogen) atoms. The summed E-state index contributed by atoms with van der Waals surface area (Å²) in [5.74, 6) is -7.42. The van der Waals surface area contributed by atoms with Gasteiger partial charge in [0, 0.05) is 47.1 Å². The fourth-order valence-corrected chi connectivity index (χ4v) is 12.1. The van der Waals surface area contributed by atoms with E-state index < -0.39 is 144 Å². The Hall–Kier alpha value is -8.73. The minimum absolute atomic E-state index is 0.0584. The van der Waals surface area contributed by atoms with E-state index in [1.54, 1.807) is 109 Å². The lowest BCUT2D eigenvalue weighted by molar-refractivity contribution is -0.148. The minimum Gasteiger partial charge on any atom is -0.493 e. The zero-order chi connectivity index (χ0) is 72.7. The summed E-state index contributed by atoms with van der Waals surface area (Å²) in [6, 6.07) is 15.0. The number of likely N-dealkylation sites (tertiary alicyclic amines) is 1. The molecule has 0 saturated carbocycles. The van der Waals surface area contributed by atoms with Crippen LogP contribution in [-0.2, 0) is 64.0 Å². The quantitative estimate of drug-likeness (QED) is 0.0257. The monoisotopic (exact) mass is 1370 g/mol. The van der Waals surface area contributed by atoms with Crippen molar-refractivity contribution in [3.63, 3.8) is 0 Å². The normalized spacial score (nSPS) is 17.3. The standard InChI is InChI=1S/C70H102N12O16/c1-15-42(8)59(52(95-13)37-54(84)82-35-20-24-51(82)61(96-14)43(9)62(86)73-44(10)60(85)47-21-17-16-18-22-47)80(11)68(92)57(40(4)5)76-67(91)58(41(6)7)81(12)70(94)98-38-45-25-29-48(30-26-45)74-63(87)50(71)23-19-34-72-69(93)77-66(90)56(39(2)3)75-53(83)33-36-97-49-31-27-46(28-32-49)55-64(88)78-79-65(55)89/h16-18,21-22,25-32,39-44,50-52,55-61,85H,15,19-20,23-24,33-38,71H2,1-14H3,(H,73,86)(H,74,87)(H,75,83)(H,76,91)(H2,72,77,90,93)/t42-,43+,44+,50?,51-,52?,56-,57-,58-,59-,60+,61+/m0/s1. The van der Waals surface area contributed by atoms with Crippen molar-refractivity contribution in [2.45, 2.75) is 187 Å². The number of imide groups is 1. The molecule has 2 unspecified atom stereocenters. The van der Waals surface area contributed by atoms with Crippen molar-refractivity contribution in [1.82, 2.24) is 41.3 Å². The van der Waals surface area contributed by atoms with Crippen LogP contribution in [0.3, 0.4) is 0 Å². The molecule has 9 N–H and O–H groups in total. The number of hydrogen-bond acceptors (Lipinski definition) is 17. The van der Waals surface area contributed by atoms with Gasteiger partial charge in [-0.2, -0.15) is 0 Å². The Kier molecular flexibility index (Phi) is 31.4. The number of rotatable bonds is 36. The first kappa shape index (κ1) is 80.0. The third-order valence-electron chi connectivity index (χ3n) is 18.0. The topological polar surface area (TPSA) is 378 Å². The molecule has 2 aliphatic heterocycles. The van der Waals surface area contributed by atoms with Crippen LogP contribution in [-0.4, -0.2) is 188 Å². The van der Waals surface area contributed by atoms with Crippen molar-refractivity contribution in [1.29, 1.82) is 0 Å². The number of amides is 12. The molecule has 28 heteroatoms. The first-order chi connectivity index (χ1) is 46.4. The van der Waals surface area contributed by atoms with E-state index in [4.69, 9.17) is 24.7 Å². The van der Waals surface area contributed by atoms with Crippen molar-refractivity contribution in [2.24, 2.45) is 45.6 Å². The molecular weight excluding hydrogens is 1260 g/mol. The Morgan fingerprint density at radius 2 is 1.37 bits per heavy atom. The Labute approximate surface area is 574 Å². The first-order valence-corrected chi connectivity index (χ1v) is 33.5. The number of urea groups is 1. The van der Waals surface area contributed by atoms with Crippen LogP contribution in [0.5, 0.6) is 5.75 Å². The van der Waals surface area contributed by atoms with E-state index >= 15 is 0 Å². The van der Waals surface area contributed by atoms with Gasteiger partial charge in [-0.3, -0.25) is 53.4 Å². The van der Waals surface area contributed by atoms with E-state index in [-0.39, 0.29) is 63.2 Å². The summed E-state index contributed by atoms with van der Waals surface area (Å²) >= 11 is 0. The summed E-state index contributed by atoms with van der Waals surface area (Å²) < 4.78 is 23.3. The van der Waals surface area contributed by atoms with Crippen LogP contribution in [0.4, 0.5) is 15.3 Å². The number of carbonyl (C=O) groups is 11. The van der Waals surface area contributed by atoms with Crippen LogP contribution in [0.15, 0.2) is 89.1 Å². The van der Waals surface area contributed by atoms with Crippen molar-refractivity contribution in [2.75, 3.05) is 53.3 Å². The van der Waals surface area contributed by atoms with Crippen molar-refractivity contribution in [3.8, 4) is 5.75 Å². The van der Waals surface area contributed by atoms with Crippen LogP contribution >= 0.6 is 0 Å². The number of nitrogens with one attached hydrogen (secondary N) is 6. The van der Waals surface area contributed by atoms with Gasteiger partial charge in [0.2, 0.25) is 35.4 Å². The van der Waals surface area contributed by atoms with Gasteiger partial charge in [0.1, 0.15) is 36.4 Å². The molecule has 5 rings (SSSR count). The van der Waals surface area contributed by atoms with Gasteiger partial charge in [-0.1, -0.05) is 123 Å². The van der Waals surface area contributed by atoms with Crippen LogP contribution in [0.2, 0.25) is 0 Å². The van der Waals surface area contributed by atoms with Gasteiger partial charge in [0.25, 0.3) is 17.7 Å². The van der Waals surface area contributed by atoms with E-state index in [9.17, 15) is 57.8 Å². The lowest BCUT2D eigenvalue weighted by Gasteiger charge is -2.41. The van der Waals surface area contributed by atoms with Crippen LogP contribution in [0, 0.1) is 29.6 Å². The third-order valence-corrected chi connectivity index (χ3v) is 18.0. The predicted octanol–water partition coefficient (Wildman–Crippen LogP) is 5.66. The van der Waals surface area contributed by atoms with Gasteiger partial charge in [0.15, 0.2) is 0 Å². The smallest absolute Gasteiger partial charge is 0.410 e. The summed E-state index contributed by atoms with van der Waals surface area (Å²) in [6.45, 7) is 18.2. The second kappa shape index (κ2) is 38.4. The average molecular weight is 1370 g/mol. The molecule has 3 aromatic rings. The van der Waals surface area contributed by atoms with Gasteiger partial charge in [-0.25, -0.2) is 9.59 Å². The van der Waals surface area contributed by atoms with E-state index in [1.165, 1.54) is 50.4 Å². The second-order valence-electron chi connectivity index (χ2n) is 26.3. The van der Waals surface area contributed by atoms with E-state index in [1.807, 2.05) is 32.0 Å². The highest BCUT2D eigenvalue weighted by Crippen LogP contribution is 2.31. The number of likely N-dealkylation sites (N-methyl/N-ethyl adjacent to an activating group) is 2. The Morgan fingerprint density at radius 3 is 1.95 bits per heavy atom. The zero-order valence-corrected chi connectivity index (χ0v) is 58.9. The van der Waals surface area contributed by atoms with Crippen molar-refractivity contribution >= 4 is 71.0 Å². The molecule has 3 aromatic carbocycles. The van der Waals surface area contributed by atoms with Gasteiger partial charge < -0.3 is 66.2 Å². The molecule has 0 aliphatic carbocycles. The summed E-state index contributed by atoms with van der Waals surface area (Å²) in [6.07, 6.45) is -1.06. The number of aliphatic hydroxyl groups excluding tert-OH is 1. The van der Waals surface area contributed by atoms with E-state index in [0.717, 1.165) is 0 Å². The fourth-order valence-electron chi connectivity index (χ4n) is 12.1. The number of carbonyl (C=O) groups excluding carboxylic acids is 11. The number of azo groups is 1. The lowest BCUT2D eigenvalue weighted by atomic mass is 9.89. The van der Waals surface area contributed by atoms with Crippen LogP contribution in [0.25, 0.3) is 0 Å². The molecule has 12 amide bonds. The predicted molar refractivity (Wildman–Crippen MR) is 363 cm³/mol. The third kappa shape index (κ3) is 22.4. The molecule has 538 valence electrons. The van der Waals surface area contributed by atoms with Crippen molar-refractivity contribution in [3.05, 3.63) is 95.6 Å². The molecule has 12 atom stereocenters. The molecule has 2 aliphatic rings. The number of aliphatic hydroxyl groups is 1. The first-order valence-electron chi connectivity index (χ1n) is 33.5. The molecule has 0 bridgehead atoms. The van der Waals surface area contributed by atoms with Gasteiger partial charge >= 0.3 is 12.1 Å². The largest absolute Gasteiger partial charge is 0.493 e. The minimum atomic E-state index is -1.09. The van der Waals surface area contributed by atoms with Crippen LogP contribution in [0.1, 0.15) is 143 Å². The highest BCUT2D eigenvalue weighted by molar-refractivity contribution is 6.10. The molecule has 2 heterocycles. The maximum Gasteiger partial charge on any atom is 0.410 e. The summed E-state index contributed by atoms with van der Waals surface area (Å²) in [7, 11) is 6.09.